The van der Waals surface area contributed by atoms with Crippen molar-refractivity contribution in [3.63, 3.8) is 0 Å². The molecule has 0 aromatic carbocycles. The highest BCUT2D eigenvalue weighted by Crippen LogP contribution is 2.65. The van der Waals surface area contributed by atoms with E-state index in [9.17, 15) is 9.59 Å². The van der Waals surface area contributed by atoms with E-state index in [2.05, 4.69) is 13.8 Å². The highest BCUT2D eigenvalue weighted by atomic mass is 16.5. The van der Waals surface area contributed by atoms with Crippen LogP contribution in [0.1, 0.15) is 72.1 Å². The van der Waals surface area contributed by atoms with E-state index < -0.39 is 0 Å². The summed E-state index contributed by atoms with van der Waals surface area (Å²) in [5, 5.41) is 0. The zero-order valence-electron chi connectivity index (χ0n) is 15.3. The quantitative estimate of drug-likeness (QED) is 0.703. The molecule has 0 radical (unpaired) electrons. The first kappa shape index (κ1) is 16.4. The third kappa shape index (κ3) is 2.16. The van der Waals surface area contributed by atoms with Gasteiger partial charge >= 0.3 is 5.97 Å². The normalized spacial score (nSPS) is 46.8. The maximum Gasteiger partial charge on any atom is 0.305 e. The minimum absolute atomic E-state index is 0.0498. The molecule has 4 aliphatic rings. The molecule has 3 saturated carbocycles. The molecule has 3 fully saturated rings. The van der Waals surface area contributed by atoms with Gasteiger partial charge in [-0.25, -0.2) is 0 Å². The predicted molar refractivity (Wildman–Crippen MR) is 92.3 cm³/mol. The van der Waals surface area contributed by atoms with Gasteiger partial charge in [0.1, 0.15) is 6.10 Å². The van der Waals surface area contributed by atoms with Gasteiger partial charge in [0.15, 0.2) is 5.78 Å². The van der Waals surface area contributed by atoms with Gasteiger partial charge in [0.05, 0.1) is 0 Å². The molecule has 4 rings (SSSR count). The molecule has 6 atom stereocenters. The van der Waals surface area contributed by atoms with Gasteiger partial charge < -0.3 is 4.74 Å². The average molecular weight is 330 g/mol. The summed E-state index contributed by atoms with van der Waals surface area (Å²) < 4.78 is 5.84. The van der Waals surface area contributed by atoms with E-state index in [0.29, 0.717) is 30.0 Å². The molecule has 0 heterocycles. The number of rotatable bonds is 2. The zero-order chi connectivity index (χ0) is 17.1. The monoisotopic (exact) mass is 330 g/mol. The summed E-state index contributed by atoms with van der Waals surface area (Å²) in [5.74, 6) is 2.28. The number of allylic oxidation sites excluding steroid dienone is 2. The van der Waals surface area contributed by atoms with E-state index in [4.69, 9.17) is 4.74 Å². The lowest BCUT2D eigenvalue weighted by atomic mass is 9.49. The molecule has 0 bridgehead atoms. The highest BCUT2D eigenvalue weighted by Gasteiger charge is 2.60. The topological polar surface area (TPSA) is 43.4 Å². The van der Waals surface area contributed by atoms with Gasteiger partial charge in [0.25, 0.3) is 0 Å². The van der Waals surface area contributed by atoms with Crippen LogP contribution in [-0.4, -0.2) is 17.9 Å². The molecular formula is C21H30O3. The number of esters is 1. The van der Waals surface area contributed by atoms with Gasteiger partial charge in [-0.05, 0) is 67.8 Å². The van der Waals surface area contributed by atoms with E-state index in [1.807, 2.05) is 13.0 Å². The fraction of sp³-hybridized carbons (Fsp3) is 0.810. The summed E-state index contributed by atoms with van der Waals surface area (Å²) in [7, 11) is 0. The summed E-state index contributed by atoms with van der Waals surface area (Å²) >= 11 is 0. The Morgan fingerprint density at radius 2 is 2.00 bits per heavy atom. The summed E-state index contributed by atoms with van der Waals surface area (Å²) in [6, 6.07) is 0. The molecule has 24 heavy (non-hydrogen) atoms. The van der Waals surface area contributed by atoms with Crippen molar-refractivity contribution >= 4 is 11.8 Å². The van der Waals surface area contributed by atoms with Crippen LogP contribution < -0.4 is 0 Å². The third-order valence-electron chi connectivity index (χ3n) is 8.09. The zero-order valence-corrected chi connectivity index (χ0v) is 15.3. The number of fused-ring (bicyclic) bond motifs is 5. The number of carbonyl (C=O) groups is 2. The maximum absolute atomic E-state index is 12.1. The molecule has 132 valence electrons. The lowest BCUT2D eigenvalue weighted by Gasteiger charge is -2.55. The van der Waals surface area contributed by atoms with Crippen molar-refractivity contribution in [2.24, 2.45) is 28.6 Å². The lowest BCUT2D eigenvalue weighted by molar-refractivity contribution is -0.159. The first-order valence-corrected chi connectivity index (χ1v) is 9.82. The Hall–Kier alpha value is -1.12. The minimum atomic E-state index is -0.0498. The van der Waals surface area contributed by atoms with Crippen molar-refractivity contribution in [2.75, 3.05) is 0 Å². The molecule has 0 amide bonds. The Morgan fingerprint density at radius 1 is 1.21 bits per heavy atom. The second-order valence-corrected chi connectivity index (χ2v) is 9.10. The van der Waals surface area contributed by atoms with E-state index in [-0.39, 0.29) is 22.9 Å². The molecule has 0 aliphatic heterocycles. The number of carbonyl (C=O) groups excluding carboxylic acids is 2. The molecule has 0 saturated heterocycles. The fourth-order valence-electron chi connectivity index (χ4n) is 6.80. The van der Waals surface area contributed by atoms with Crippen molar-refractivity contribution in [1.29, 1.82) is 0 Å². The van der Waals surface area contributed by atoms with Crippen LogP contribution in [0.5, 0.6) is 0 Å². The van der Waals surface area contributed by atoms with Gasteiger partial charge in [-0.3, -0.25) is 9.59 Å². The molecule has 4 aliphatic carbocycles. The Kier molecular flexibility index (Phi) is 3.71. The van der Waals surface area contributed by atoms with Gasteiger partial charge in [-0.2, -0.15) is 0 Å². The highest BCUT2D eigenvalue weighted by molar-refractivity contribution is 5.94. The first-order chi connectivity index (χ1) is 11.4. The Balaban J connectivity index is 1.59. The van der Waals surface area contributed by atoms with Crippen molar-refractivity contribution in [2.45, 2.75) is 78.2 Å². The van der Waals surface area contributed by atoms with Crippen LogP contribution in [0.3, 0.4) is 0 Å². The van der Waals surface area contributed by atoms with Crippen LogP contribution in [0.15, 0.2) is 11.6 Å². The Morgan fingerprint density at radius 3 is 2.75 bits per heavy atom. The molecule has 0 N–H and O–H groups in total. The number of ketones is 1. The molecule has 0 aromatic rings. The van der Waals surface area contributed by atoms with Crippen molar-refractivity contribution in [3.8, 4) is 0 Å². The van der Waals surface area contributed by atoms with Crippen LogP contribution in [0, 0.1) is 28.6 Å². The second-order valence-electron chi connectivity index (χ2n) is 9.10. The van der Waals surface area contributed by atoms with Crippen LogP contribution >= 0.6 is 0 Å². The fourth-order valence-corrected chi connectivity index (χ4v) is 6.80. The van der Waals surface area contributed by atoms with Crippen molar-refractivity contribution in [3.05, 3.63) is 11.6 Å². The molecule has 3 heteroatoms. The lowest BCUT2D eigenvalue weighted by Crippen LogP contribution is -2.50. The minimum Gasteiger partial charge on any atom is -0.462 e. The summed E-state index contributed by atoms with van der Waals surface area (Å²) in [6.45, 7) is 6.58. The SMILES string of the molecule is CCC(=O)O[C@H]1CC[C@@H]2[C@H]3CCC4=CC(=O)C[C@@]4(C)[C@@H]3CC[C@]12C. The summed E-state index contributed by atoms with van der Waals surface area (Å²) in [4.78, 5) is 23.9. The van der Waals surface area contributed by atoms with Gasteiger partial charge in [-0.15, -0.1) is 0 Å². The average Bonchev–Trinajstić information content (AvgIpc) is 3.03. The number of hydrogen-bond donors (Lipinski definition) is 0. The van der Waals surface area contributed by atoms with Crippen LogP contribution in [0.4, 0.5) is 0 Å². The molecule has 0 unspecified atom stereocenters. The largest absolute Gasteiger partial charge is 0.462 e. The van der Waals surface area contributed by atoms with E-state index in [1.54, 1.807) is 0 Å². The maximum atomic E-state index is 12.1. The van der Waals surface area contributed by atoms with Crippen LogP contribution in [-0.2, 0) is 14.3 Å². The first-order valence-electron chi connectivity index (χ1n) is 9.82. The van der Waals surface area contributed by atoms with Crippen molar-refractivity contribution in [1.82, 2.24) is 0 Å². The third-order valence-corrected chi connectivity index (χ3v) is 8.09. The molecule has 0 spiro atoms. The number of hydrogen-bond acceptors (Lipinski definition) is 3. The Bertz CT molecular complexity index is 606. The molecule has 3 nitrogen and oxygen atoms in total. The van der Waals surface area contributed by atoms with Crippen LogP contribution in [0.2, 0.25) is 0 Å². The Labute approximate surface area is 145 Å². The summed E-state index contributed by atoms with van der Waals surface area (Å²) in [5.41, 5.74) is 1.68. The molecular weight excluding hydrogens is 300 g/mol. The van der Waals surface area contributed by atoms with E-state index in [0.717, 1.165) is 25.7 Å². The van der Waals surface area contributed by atoms with E-state index in [1.165, 1.54) is 24.8 Å². The second kappa shape index (κ2) is 5.44. The standard InChI is InChI=1S/C21H30O3/c1-4-19(23)24-18-8-7-16-15-6-5-13-11-14(22)12-21(13,3)17(15)9-10-20(16,18)2/h11,15-18H,4-10,12H2,1-3H3/t15-,16-,17-,18+,20+,21-/m1/s1. The van der Waals surface area contributed by atoms with E-state index >= 15 is 0 Å². The molecule has 0 aromatic heterocycles. The predicted octanol–water partition coefficient (Wildman–Crippen LogP) is 4.45. The van der Waals surface area contributed by atoms with Crippen molar-refractivity contribution < 1.29 is 14.3 Å². The smallest absolute Gasteiger partial charge is 0.305 e. The summed E-state index contributed by atoms with van der Waals surface area (Å²) in [6.07, 6.45) is 10.1. The van der Waals surface area contributed by atoms with Gasteiger partial charge in [0, 0.05) is 18.3 Å². The van der Waals surface area contributed by atoms with Gasteiger partial charge in [0.2, 0.25) is 0 Å². The van der Waals surface area contributed by atoms with Gasteiger partial charge in [-0.1, -0.05) is 26.3 Å². The number of ether oxygens (including phenoxy) is 1. The van der Waals surface area contributed by atoms with Crippen LogP contribution in [0.25, 0.3) is 0 Å².